The van der Waals surface area contributed by atoms with Gasteiger partial charge in [0.1, 0.15) is 0 Å². The van der Waals surface area contributed by atoms with Gasteiger partial charge in [-0.3, -0.25) is 4.98 Å². The third kappa shape index (κ3) is 3.75. The Morgan fingerprint density at radius 3 is 2.95 bits per heavy atom. The Morgan fingerprint density at radius 1 is 1.42 bits per heavy atom. The molecule has 2 heterocycles. The molecule has 1 atom stereocenters. The molecule has 2 rings (SSSR count). The molecule has 0 saturated heterocycles. The van der Waals surface area contributed by atoms with E-state index >= 15 is 0 Å². The van der Waals surface area contributed by atoms with E-state index in [1.54, 1.807) is 17.5 Å². The first kappa shape index (κ1) is 14.0. The first-order valence-electron chi connectivity index (χ1n) is 6.50. The summed E-state index contributed by atoms with van der Waals surface area (Å²) in [6, 6.07) is 4.41. The Balaban J connectivity index is 2.02. The van der Waals surface area contributed by atoms with Gasteiger partial charge in [0.2, 0.25) is 0 Å². The molecule has 2 aromatic heterocycles. The van der Waals surface area contributed by atoms with Gasteiger partial charge in [-0.2, -0.15) is 0 Å². The van der Waals surface area contributed by atoms with Crippen LogP contribution in [0.5, 0.6) is 0 Å². The second kappa shape index (κ2) is 6.63. The molecule has 5 heteroatoms. The van der Waals surface area contributed by atoms with Gasteiger partial charge >= 0.3 is 0 Å². The van der Waals surface area contributed by atoms with Crippen LogP contribution in [0.2, 0.25) is 0 Å². The molecule has 0 aliphatic rings. The highest BCUT2D eigenvalue weighted by Crippen LogP contribution is 2.27. The highest BCUT2D eigenvalue weighted by Gasteiger charge is 2.11. The highest BCUT2D eigenvalue weighted by atomic mass is 32.1. The van der Waals surface area contributed by atoms with Crippen LogP contribution >= 0.6 is 11.3 Å². The van der Waals surface area contributed by atoms with Crippen molar-refractivity contribution in [3.8, 4) is 0 Å². The summed E-state index contributed by atoms with van der Waals surface area (Å²) in [5.41, 5.74) is 1.20. The largest absolute Gasteiger partial charge is 0.347 e. The minimum absolute atomic E-state index is 0.364. The van der Waals surface area contributed by atoms with Gasteiger partial charge in [-0.1, -0.05) is 13.0 Å². The van der Waals surface area contributed by atoms with Crippen LogP contribution in [0.3, 0.4) is 0 Å². The Bertz CT molecular complexity index is 497. The quantitative estimate of drug-likeness (QED) is 0.881. The van der Waals surface area contributed by atoms with Crippen molar-refractivity contribution < 1.29 is 0 Å². The maximum atomic E-state index is 4.50. The number of thiazole rings is 1. The lowest BCUT2D eigenvalue weighted by Crippen LogP contribution is -2.17. The summed E-state index contributed by atoms with van der Waals surface area (Å²) in [6.07, 6.45) is 5.66. The molecule has 2 aromatic rings. The van der Waals surface area contributed by atoms with E-state index < -0.39 is 0 Å². The summed E-state index contributed by atoms with van der Waals surface area (Å²) < 4.78 is 0. The Morgan fingerprint density at radius 2 is 2.26 bits per heavy atom. The number of hydrogen-bond donors (Lipinski definition) is 1. The number of aromatic nitrogens is 2. The van der Waals surface area contributed by atoms with Gasteiger partial charge in [-0.15, -0.1) is 11.3 Å². The van der Waals surface area contributed by atoms with Crippen LogP contribution in [0.4, 0.5) is 5.13 Å². The Kier molecular flexibility index (Phi) is 4.87. The fourth-order valence-corrected chi connectivity index (χ4v) is 2.80. The molecule has 102 valence electrons. The molecule has 0 bridgehead atoms. The van der Waals surface area contributed by atoms with Gasteiger partial charge in [-0.05, 0) is 25.1 Å². The van der Waals surface area contributed by atoms with E-state index in [1.165, 1.54) is 10.4 Å². The van der Waals surface area contributed by atoms with E-state index in [0.29, 0.717) is 6.04 Å². The van der Waals surface area contributed by atoms with Gasteiger partial charge in [0.15, 0.2) is 5.13 Å². The molecule has 0 aromatic carbocycles. The molecule has 4 nitrogen and oxygen atoms in total. The predicted molar refractivity (Wildman–Crippen MR) is 80.5 cm³/mol. The van der Waals surface area contributed by atoms with E-state index in [0.717, 1.165) is 18.2 Å². The van der Waals surface area contributed by atoms with Gasteiger partial charge < -0.3 is 10.2 Å². The average molecular weight is 276 g/mol. The summed E-state index contributed by atoms with van der Waals surface area (Å²) in [7, 11) is 2.06. The maximum Gasteiger partial charge on any atom is 0.185 e. The summed E-state index contributed by atoms with van der Waals surface area (Å²) in [5.74, 6) is 0. The monoisotopic (exact) mass is 276 g/mol. The van der Waals surface area contributed by atoms with Crippen molar-refractivity contribution in [3.63, 3.8) is 0 Å². The minimum atomic E-state index is 0.364. The lowest BCUT2D eigenvalue weighted by molar-refractivity contribution is 0.606. The molecular weight excluding hydrogens is 256 g/mol. The number of anilines is 1. The van der Waals surface area contributed by atoms with Crippen LogP contribution in [0.25, 0.3) is 0 Å². The van der Waals surface area contributed by atoms with Crippen molar-refractivity contribution >= 4 is 16.5 Å². The van der Waals surface area contributed by atoms with E-state index in [-0.39, 0.29) is 0 Å². The van der Waals surface area contributed by atoms with E-state index in [1.807, 2.05) is 18.5 Å². The smallest absolute Gasteiger partial charge is 0.185 e. The lowest BCUT2D eigenvalue weighted by Gasteiger charge is -2.15. The fraction of sp³-hybridized carbons (Fsp3) is 0.429. The van der Waals surface area contributed by atoms with Crippen molar-refractivity contribution in [1.82, 2.24) is 15.3 Å². The third-order valence-corrected chi connectivity index (χ3v) is 4.21. The first-order chi connectivity index (χ1) is 9.20. The summed E-state index contributed by atoms with van der Waals surface area (Å²) in [6.45, 7) is 6.09. The molecule has 1 N–H and O–H groups in total. The van der Waals surface area contributed by atoms with Crippen LogP contribution in [0.15, 0.2) is 30.7 Å². The standard InChI is InChI=1S/C14H20N4S/c1-4-16-11(2)13-9-17-14(19-13)18(3)10-12-6-5-7-15-8-12/h5-9,11,16H,4,10H2,1-3H3. The van der Waals surface area contributed by atoms with Crippen molar-refractivity contribution in [2.75, 3.05) is 18.5 Å². The number of nitrogens with one attached hydrogen (secondary N) is 1. The van der Waals surface area contributed by atoms with Gasteiger partial charge in [-0.25, -0.2) is 4.98 Å². The molecule has 0 fully saturated rings. The van der Waals surface area contributed by atoms with Crippen LogP contribution in [-0.4, -0.2) is 23.6 Å². The zero-order valence-corrected chi connectivity index (χ0v) is 12.4. The third-order valence-electron chi connectivity index (χ3n) is 2.92. The summed E-state index contributed by atoms with van der Waals surface area (Å²) >= 11 is 1.74. The number of hydrogen-bond acceptors (Lipinski definition) is 5. The van der Waals surface area contributed by atoms with Crippen LogP contribution in [0.1, 0.15) is 30.3 Å². The second-order valence-electron chi connectivity index (χ2n) is 4.54. The molecule has 1 unspecified atom stereocenters. The normalized spacial score (nSPS) is 12.4. The van der Waals surface area contributed by atoms with E-state index in [2.05, 4.69) is 47.1 Å². The van der Waals surface area contributed by atoms with Crippen LogP contribution < -0.4 is 10.2 Å². The van der Waals surface area contributed by atoms with Gasteiger partial charge in [0.05, 0.1) is 0 Å². The zero-order valence-electron chi connectivity index (χ0n) is 11.6. The number of nitrogens with zero attached hydrogens (tertiary/aromatic N) is 3. The molecule has 0 radical (unpaired) electrons. The van der Waals surface area contributed by atoms with Crippen LogP contribution in [-0.2, 0) is 6.54 Å². The Labute approximate surface area is 118 Å². The second-order valence-corrected chi connectivity index (χ2v) is 5.58. The molecule has 0 aliphatic heterocycles. The lowest BCUT2D eigenvalue weighted by atomic mass is 10.3. The van der Waals surface area contributed by atoms with E-state index in [4.69, 9.17) is 0 Å². The Hall–Kier alpha value is -1.46. The van der Waals surface area contributed by atoms with Crippen molar-refractivity contribution in [2.45, 2.75) is 26.4 Å². The summed E-state index contributed by atoms with van der Waals surface area (Å²) in [5, 5.41) is 4.45. The van der Waals surface area contributed by atoms with E-state index in [9.17, 15) is 0 Å². The summed E-state index contributed by atoms with van der Waals surface area (Å²) in [4.78, 5) is 12.1. The first-order valence-corrected chi connectivity index (χ1v) is 7.31. The van der Waals surface area contributed by atoms with Crippen molar-refractivity contribution in [1.29, 1.82) is 0 Å². The van der Waals surface area contributed by atoms with Crippen LogP contribution in [0, 0.1) is 0 Å². The zero-order chi connectivity index (χ0) is 13.7. The average Bonchev–Trinajstić information content (AvgIpc) is 2.90. The molecule has 0 spiro atoms. The fourth-order valence-electron chi connectivity index (χ4n) is 1.89. The van der Waals surface area contributed by atoms with Gasteiger partial charge in [0.25, 0.3) is 0 Å². The molecular formula is C14H20N4S. The maximum absolute atomic E-state index is 4.50. The number of pyridine rings is 1. The number of rotatable bonds is 6. The minimum Gasteiger partial charge on any atom is -0.347 e. The topological polar surface area (TPSA) is 41.1 Å². The SMILES string of the molecule is CCNC(C)c1cnc(N(C)Cc2cccnc2)s1. The van der Waals surface area contributed by atoms with Crippen molar-refractivity contribution in [2.24, 2.45) is 0 Å². The molecule has 0 aliphatic carbocycles. The molecule has 0 amide bonds. The molecule has 0 saturated carbocycles. The van der Waals surface area contributed by atoms with Crippen molar-refractivity contribution in [3.05, 3.63) is 41.2 Å². The predicted octanol–water partition coefficient (Wildman–Crippen LogP) is 2.85. The molecule has 19 heavy (non-hydrogen) atoms. The highest BCUT2D eigenvalue weighted by molar-refractivity contribution is 7.15. The van der Waals surface area contributed by atoms with Gasteiger partial charge in [0, 0.05) is 43.1 Å².